The highest BCUT2D eigenvalue weighted by molar-refractivity contribution is 7.89. The zero-order valence-corrected chi connectivity index (χ0v) is 17.6. The number of benzene rings is 1. The molecule has 7 nitrogen and oxygen atoms in total. The summed E-state index contributed by atoms with van der Waals surface area (Å²) in [6.07, 6.45) is 0. The smallest absolute Gasteiger partial charge is 0.246 e. The Morgan fingerprint density at radius 3 is 2.07 bits per heavy atom. The number of rotatable bonds is 4. The maximum atomic E-state index is 12.9. The van der Waals surface area contributed by atoms with Crippen molar-refractivity contribution in [3.05, 3.63) is 28.2 Å². The molecule has 0 bridgehead atoms. The summed E-state index contributed by atoms with van der Waals surface area (Å²) < 4.78 is 27.2. The zero-order valence-electron chi connectivity index (χ0n) is 15.3. The van der Waals surface area contributed by atoms with Crippen LogP contribution >= 0.6 is 23.2 Å². The second kappa shape index (κ2) is 8.63. The number of piperazine rings is 2. The summed E-state index contributed by atoms with van der Waals surface area (Å²) in [6, 6.07) is 4.65. The molecule has 1 aromatic rings. The molecule has 2 aliphatic heterocycles. The first kappa shape index (κ1) is 20.8. The minimum Gasteiger partial charge on any atom is -0.339 e. The molecule has 10 heteroatoms. The Morgan fingerprint density at radius 1 is 0.963 bits per heavy atom. The first-order valence-corrected chi connectivity index (χ1v) is 11.1. The van der Waals surface area contributed by atoms with E-state index < -0.39 is 10.0 Å². The van der Waals surface area contributed by atoms with Crippen LogP contribution in [0.1, 0.15) is 0 Å². The quantitative estimate of drug-likeness (QED) is 0.708. The molecule has 3 rings (SSSR count). The van der Waals surface area contributed by atoms with Crippen LogP contribution in [0.2, 0.25) is 10.0 Å². The Hall–Kier alpha value is -0.900. The first-order valence-electron chi connectivity index (χ1n) is 8.92. The van der Waals surface area contributed by atoms with Crippen molar-refractivity contribution in [3.63, 3.8) is 0 Å². The van der Waals surface area contributed by atoms with Crippen LogP contribution in [0.25, 0.3) is 0 Å². The van der Waals surface area contributed by atoms with Gasteiger partial charge in [-0.1, -0.05) is 29.3 Å². The van der Waals surface area contributed by atoms with Crippen LogP contribution in [0.15, 0.2) is 23.1 Å². The monoisotopic (exact) mass is 434 g/mol. The lowest BCUT2D eigenvalue weighted by molar-refractivity contribution is -0.134. The van der Waals surface area contributed by atoms with Gasteiger partial charge in [-0.2, -0.15) is 4.31 Å². The molecular formula is C17H24Cl2N4O3S. The van der Waals surface area contributed by atoms with Gasteiger partial charge in [0.1, 0.15) is 4.90 Å². The fraction of sp³-hybridized carbons (Fsp3) is 0.588. The zero-order chi connectivity index (χ0) is 19.6. The molecule has 2 aliphatic rings. The van der Waals surface area contributed by atoms with Crippen LogP contribution in [0.5, 0.6) is 0 Å². The molecule has 27 heavy (non-hydrogen) atoms. The molecule has 0 spiro atoms. The second-order valence-corrected chi connectivity index (χ2v) is 9.60. The fourth-order valence-electron chi connectivity index (χ4n) is 3.33. The first-order chi connectivity index (χ1) is 12.8. The Labute approximate surface area is 170 Å². The van der Waals surface area contributed by atoms with Gasteiger partial charge in [-0.15, -0.1) is 0 Å². The predicted molar refractivity (Wildman–Crippen MR) is 106 cm³/mol. The van der Waals surface area contributed by atoms with E-state index in [1.807, 2.05) is 16.8 Å². The van der Waals surface area contributed by atoms with Crippen LogP contribution in [0, 0.1) is 0 Å². The summed E-state index contributed by atoms with van der Waals surface area (Å²) in [5, 5.41) is 0.241. The number of carbonyl (C=O) groups excluding carboxylic acids is 1. The van der Waals surface area contributed by atoms with Gasteiger partial charge in [0, 0.05) is 52.4 Å². The normalized spacial score (nSPS) is 20.8. The third-order valence-corrected chi connectivity index (χ3v) is 7.92. The van der Waals surface area contributed by atoms with Gasteiger partial charge in [0.15, 0.2) is 0 Å². The minimum atomic E-state index is -3.76. The maximum absolute atomic E-state index is 12.9. The van der Waals surface area contributed by atoms with Crippen molar-refractivity contribution in [1.29, 1.82) is 0 Å². The van der Waals surface area contributed by atoms with Crippen LogP contribution in [0.3, 0.4) is 0 Å². The molecule has 2 saturated heterocycles. The van der Waals surface area contributed by atoms with Gasteiger partial charge in [-0.3, -0.25) is 9.69 Å². The number of amides is 1. The SMILES string of the molecule is CN1CCN(C(=O)CN2CCN(S(=O)(=O)c3c(Cl)cccc3Cl)CC2)CC1. The lowest BCUT2D eigenvalue weighted by Crippen LogP contribution is -2.54. The molecule has 150 valence electrons. The van der Waals surface area contributed by atoms with Gasteiger partial charge < -0.3 is 9.80 Å². The summed E-state index contributed by atoms with van der Waals surface area (Å²) in [5.41, 5.74) is 0. The van der Waals surface area contributed by atoms with Gasteiger partial charge in [-0.25, -0.2) is 8.42 Å². The van der Waals surface area contributed by atoms with Gasteiger partial charge in [0.25, 0.3) is 0 Å². The van der Waals surface area contributed by atoms with Gasteiger partial charge in [0.05, 0.1) is 16.6 Å². The van der Waals surface area contributed by atoms with Gasteiger partial charge >= 0.3 is 0 Å². The highest BCUT2D eigenvalue weighted by Crippen LogP contribution is 2.31. The average Bonchev–Trinajstić information content (AvgIpc) is 2.62. The van der Waals surface area contributed by atoms with E-state index in [4.69, 9.17) is 23.2 Å². The van der Waals surface area contributed by atoms with Crippen LogP contribution in [-0.2, 0) is 14.8 Å². The molecule has 0 unspecified atom stereocenters. The fourth-order valence-corrected chi connectivity index (χ4v) is 5.85. The van der Waals surface area contributed by atoms with E-state index in [1.165, 1.54) is 16.4 Å². The second-order valence-electron chi connectivity index (χ2n) is 6.92. The highest BCUT2D eigenvalue weighted by Gasteiger charge is 2.32. The molecule has 0 atom stereocenters. The summed E-state index contributed by atoms with van der Waals surface area (Å²) in [4.78, 5) is 18.5. The Bertz CT molecular complexity index is 769. The van der Waals surface area contributed by atoms with E-state index in [-0.39, 0.29) is 20.8 Å². The molecular weight excluding hydrogens is 411 g/mol. The van der Waals surface area contributed by atoms with Crippen molar-refractivity contribution in [3.8, 4) is 0 Å². The van der Waals surface area contributed by atoms with E-state index >= 15 is 0 Å². The average molecular weight is 435 g/mol. The number of nitrogens with zero attached hydrogens (tertiary/aromatic N) is 4. The van der Waals surface area contributed by atoms with Gasteiger partial charge in [0.2, 0.25) is 15.9 Å². The molecule has 0 aliphatic carbocycles. The number of hydrogen-bond donors (Lipinski definition) is 0. The molecule has 1 amide bonds. The predicted octanol–water partition coefficient (Wildman–Crippen LogP) is 1.07. The van der Waals surface area contributed by atoms with Crippen LogP contribution < -0.4 is 0 Å². The molecule has 2 fully saturated rings. The molecule has 0 saturated carbocycles. The standard InChI is InChI=1S/C17H24Cl2N4O3S/c1-20-5-9-22(10-6-20)16(24)13-21-7-11-23(12-8-21)27(25,26)17-14(18)3-2-4-15(17)19/h2-4H,5-13H2,1H3. The number of hydrogen-bond acceptors (Lipinski definition) is 5. The van der Waals surface area contributed by atoms with Crippen LogP contribution in [0.4, 0.5) is 0 Å². The van der Waals surface area contributed by atoms with Crippen LogP contribution in [-0.4, -0.2) is 99.3 Å². The van der Waals surface area contributed by atoms with Crippen molar-refractivity contribution >= 4 is 39.1 Å². The molecule has 2 heterocycles. The highest BCUT2D eigenvalue weighted by atomic mass is 35.5. The summed E-state index contributed by atoms with van der Waals surface area (Å²) >= 11 is 12.1. The topological polar surface area (TPSA) is 64.2 Å². The Morgan fingerprint density at radius 2 is 1.52 bits per heavy atom. The Balaban J connectivity index is 1.58. The van der Waals surface area contributed by atoms with E-state index in [1.54, 1.807) is 6.07 Å². The van der Waals surface area contributed by atoms with E-state index in [9.17, 15) is 13.2 Å². The third kappa shape index (κ3) is 4.75. The molecule has 0 aromatic heterocycles. The van der Waals surface area contributed by atoms with E-state index in [2.05, 4.69) is 4.90 Å². The number of halogens is 2. The van der Waals surface area contributed by atoms with E-state index in [0.717, 1.165) is 26.2 Å². The largest absolute Gasteiger partial charge is 0.339 e. The number of likely N-dealkylation sites (N-methyl/N-ethyl adjacent to an activating group) is 1. The lowest BCUT2D eigenvalue weighted by atomic mass is 10.3. The van der Waals surface area contributed by atoms with Crippen molar-refractivity contribution in [1.82, 2.24) is 19.0 Å². The minimum absolute atomic E-state index is 0.0460. The van der Waals surface area contributed by atoms with E-state index in [0.29, 0.717) is 32.7 Å². The lowest BCUT2D eigenvalue weighted by Gasteiger charge is -2.36. The summed E-state index contributed by atoms with van der Waals surface area (Å²) in [5.74, 6) is 0.105. The number of sulfonamides is 1. The van der Waals surface area contributed by atoms with Crippen molar-refractivity contribution < 1.29 is 13.2 Å². The van der Waals surface area contributed by atoms with Crippen molar-refractivity contribution in [2.45, 2.75) is 4.90 Å². The maximum Gasteiger partial charge on any atom is 0.246 e. The summed E-state index contributed by atoms with van der Waals surface area (Å²) in [6.45, 7) is 5.20. The van der Waals surface area contributed by atoms with Crippen molar-refractivity contribution in [2.75, 3.05) is 66.0 Å². The number of carbonyl (C=O) groups is 1. The molecule has 0 radical (unpaired) electrons. The Kier molecular flexibility index (Phi) is 6.66. The third-order valence-electron chi connectivity index (χ3n) is 5.06. The molecule has 0 N–H and O–H groups in total. The molecule has 1 aromatic carbocycles. The van der Waals surface area contributed by atoms with Gasteiger partial charge in [-0.05, 0) is 19.2 Å². The van der Waals surface area contributed by atoms with Crippen molar-refractivity contribution in [2.24, 2.45) is 0 Å². The summed E-state index contributed by atoms with van der Waals surface area (Å²) in [7, 11) is -1.71.